The van der Waals surface area contributed by atoms with Crippen LogP contribution < -0.4 is 11.4 Å². The van der Waals surface area contributed by atoms with E-state index in [1.807, 2.05) is 26.8 Å². The van der Waals surface area contributed by atoms with Gasteiger partial charge in [-0.2, -0.15) is 0 Å². The first-order valence-electron chi connectivity index (χ1n) is 6.28. The molecule has 3 rings (SSSR count). The molecule has 0 aliphatic carbocycles. The first-order chi connectivity index (χ1) is 9.02. The van der Waals surface area contributed by atoms with E-state index in [2.05, 4.69) is 5.73 Å². The van der Waals surface area contributed by atoms with Crippen LogP contribution in [0.2, 0.25) is 0 Å². The third-order valence-electron chi connectivity index (χ3n) is 3.68. The van der Waals surface area contributed by atoms with Crippen LogP contribution in [0.15, 0.2) is 25.8 Å². The Morgan fingerprint density at radius 3 is 2.42 bits per heavy atom. The summed E-state index contributed by atoms with van der Waals surface area (Å²) in [7, 11) is 0. The average molecular weight is 258 g/mol. The molecule has 0 aliphatic rings. The summed E-state index contributed by atoms with van der Waals surface area (Å²) in [4.78, 5) is 11.5. The summed E-state index contributed by atoms with van der Waals surface area (Å²) < 4.78 is 11.1. The molecule has 3 aromatic rings. The van der Waals surface area contributed by atoms with Crippen LogP contribution in [-0.4, -0.2) is 0 Å². The lowest BCUT2D eigenvalue weighted by Crippen LogP contribution is -2.47. The molecule has 0 saturated carbocycles. The Balaban J connectivity index is 2.60. The van der Waals surface area contributed by atoms with Gasteiger partial charge in [0, 0.05) is 22.4 Å². The highest BCUT2D eigenvalue weighted by atomic mass is 16.4. The molecule has 3 N–H and O–H groups in total. The molecule has 0 saturated heterocycles. The van der Waals surface area contributed by atoms with Gasteiger partial charge in [0.05, 0.1) is 5.56 Å². The van der Waals surface area contributed by atoms with E-state index < -0.39 is 0 Å². The fourth-order valence-electron chi connectivity index (χ4n) is 2.66. The SMILES string of the molecule is Cc1oc2c(C)c3oc(=O)cc(C)c3cc2c1C[NH3+]. The molecule has 19 heavy (non-hydrogen) atoms. The van der Waals surface area contributed by atoms with Gasteiger partial charge in [-0.05, 0) is 32.4 Å². The highest BCUT2D eigenvalue weighted by Gasteiger charge is 2.17. The summed E-state index contributed by atoms with van der Waals surface area (Å²) in [6.45, 7) is 6.46. The predicted molar refractivity (Wildman–Crippen MR) is 73.1 cm³/mol. The number of hydrogen-bond acceptors (Lipinski definition) is 3. The van der Waals surface area contributed by atoms with Gasteiger partial charge in [-0.3, -0.25) is 0 Å². The Bertz CT molecular complexity index is 855. The normalized spacial score (nSPS) is 11.6. The van der Waals surface area contributed by atoms with Crippen molar-refractivity contribution in [3.63, 3.8) is 0 Å². The van der Waals surface area contributed by atoms with E-state index in [1.165, 1.54) is 6.07 Å². The van der Waals surface area contributed by atoms with E-state index in [9.17, 15) is 4.79 Å². The molecule has 4 heteroatoms. The summed E-state index contributed by atoms with van der Waals surface area (Å²) in [6.07, 6.45) is 0. The lowest BCUT2D eigenvalue weighted by molar-refractivity contribution is -0.386. The zero-order chi connectivity index (χ0) is 13.7. The molecule has 0 radical (unpaired) electrons. The third kappa shape index (κ3) is 1.60. The fourth-order valence-corrected chi connectivity index (χ4v) is 2.66. The van der Waals surface area contributed by atoms with Gasteiger partial charge in [0.25, 0.3) is 0 Å². The van der Waals surface area contributed by atoms with Crippen molar-refractivity contribution in [2.24, 2.45) is 0 Å². The van der Waals surface area contributed by atoms with Crippen LogP contribution in [0, 0.1) is 20.8 Å². The van der Waals surface area contributed by atoms with Crippen molar-refractivity contribution in [3.05, 3.63) is 45.0 Å². The quantitative estimate of drug-likeness (QED) is 0.680. The van der Waals surface area contributed by atoms with Crippen LogP contribution in [0.1, 0.15) is 22.5 Å². The van der Waals surface area contributed by atoms with E-state index >= 15 is 0 Å². The number of rotatable bonds is 1. The molecule has 2 aromatic heterocycles. The number of fused-ring (bicyclic) bond motifs is 2. The summed E-state index contributed by atoms with van der Waals surface area (Å²) in [5.41, 5.74) is 7.94. The molecule has 1 aromatic carbocycles. The van der Waals surface area contributed by atoms with E-state index in [0.717, 1.165) is 38.8 Å². The maximum absolute atomic E-state index is 11.5. The number of furan rings is 1. The largest absolute Gasteiger partial charge is 0.460 e. The predicted octanol–water partition coefficient (Wildman–Crippen LogP) is 2.21. The smallest absolute Gasteiger partial charge is 0.336 e. The van der Waals surface area contributed by atoms with Gasteiger partial charge < -0.3 is 14.6 Å². The molecular weight excluding hydrogens is 242 g/mol. The Labute approximate surface area is 109 Å². The van der Waals surface area contributed by atoms with Gasteiger partial charge in [0.15, 0.2) is 0 Å². The third-order valence-corrected chi connectivity index (χ3v) is 3.68. The Morgan fingerprint density at radius 1 is 1.05 bits per heavy atom. The zero-order valence-electron chi connectivity index (χ0n) is 11.3. The summed E-state index contributed by atoms with van der Waals surface area (Å²) in [5.74, 6) is 0.878. The molecule has 4 nitrogen and oxygen atoms in total. The number of quaternary nitrogens is 1. The molecule has 0 amide bonds. The molecule has 0 bridgehead atoms. The van der Waals surface area contributed by atoms with E-state index in [4.69, 9.17) is 8.83 Å². The summed E-state index contributed by atoms with van der Waals surface area (Å²) in [6, 6.07) is 3.55. The second-order valence-electron chi connectivity index (χ2n) is 4.89. The lowest BCUT2D eigenvalue weighted by atomic mass is 10.0. The van der Waals surface area contributed by atoms with Crippen molar-refractivity contribution in [3.8, 4) is 0 Å². The van der Waals surface area contributed by atoms with Crippen molar-refractivity contribution < 1.29 is 14.6 Å². The van der Waals surface area contributed by atoms with E-state index in [0.29, 0.717) is 12.1 Å². The highest BCUT2D eigenvalue weighted by molar-refractivity contribution is 5.99. The van der Waals surface area contributed by atoms with Gasteiger partial charge >= 0.3 is 5.63 Å². The molecule has 2 heterocycles. The second kappa shape index (κ2) is 3.96. The average Bonchev–Trinajstić information content (AvgIpc) is 2.67. The molecule has 98 valence electrons. The molecule has 0 aliphatic heterocycles. The monoisotopic (exact) mass is 258 g/mol. The van der Waals surface area contributed by atoms with Gasteiger partial charge in [0.2, 0.25) is 0 Å². The molecule has 0 unspecified atom stereocenters. The Kier molecular flexibility index (Phi) is 2.50. The van der Waals surface area contributed by atoms with Crippen LogP contribution in [0.25, 0.3) is 21.9 Å². The van der Waals surface area contributed by atoms with Crippen molar-refractivity contribution in [1.29, 1.82) is 0 Å². The van der Waals surface area contributed by atoms with Crippen LogP contribution in [-0.2, 0) is 6.54 Å². The number of benzene rings is 1. The number of hydrogen-bond donors (Lipinski definition) is 1. The minimum Gasteiger partial charge on any atom is -0.460 e. The first-order valence-corrected chi connectivity index (χ1v) is 6.28. The fraction of sp³-hybridized carbons (Fsp3) is 0.267. The maximum Gasteiger partial charge on any atom is 0.336 e. The second-order valence-corrected chi connectivity index (χ2v) is 4.89. The van der Waals surface area contributed by atoms with Gasteiger partial charge in [0.1, 0.15) is 23.5 Å². The minimum atomic E-state index is -0.326. The van der Waals surface area contributed by atoms with Crippen LogP contribution in [0.5, 0.6) is 0 Å². The van der Waals surface area contributed by atoms with Crippen LogP contribution >= 0.6 is 0 Å². The van der Waals surface area contributed by atoms with Gasteiger partial charge in [-0.15, -0.1) is 0 Å². The van der Waals surface area contributed by atoms with Crippen LogP contribution in [0.4, 0.5) is 0 Å². The van der Waals surface area contributed by atoms with E-state index in [-0.39, 0.29) is 5.63 Å². The first kappa shape index (κ1) is 12.0. The van der Waals surface area contributed by atoms with Crippen molar-refractivity contribution in [2.45, 2.75) is 27.3 Å². The van der Waals surface area contributed by atoms with Crippen molar-refractivity contribution in [1.82, 2.24) is 0 Å². The maximum atomic E-state index is 11.5. The molecule has 0 atom stereocenters. The van der Waals surface area contributed by atoms with Crippen LogP contribution in [0.3, 0.4) is 0 Å². The number of aryl methyl sites for hydroxylation is 3. The molecular formula is C15H16NO3+. The summed E-state index contributed by atoms with van der Waals surface area (Å²) >= 11 is 0. The van der Waals surface area contributed by atoms with Gasteiger partial charge in [-0.1, -0.05) is 0 Å². The van der Waals surface area contributed by atoms with Crippen molar-refractivity contribution in [2.75, 3.05) is 0 Å². The lowest BCUT2D eigenvalue weighted by Gasteiger charge is -2.04. The molecule has 0 spiro atoms. The Morgan fingerprint density at radius 2 is 1.74 bits per heavy atom. The highest BCUT2D eigenvalue weighted by Crippen LogP contribution is 2.33. The summed E-state index contributed by atoms with van der Waals surface area (Å²) in [5, 5.41) is 2.02. The molecule has 0 fully saturated rings. The standard InChI is InChI=1S/C15H15NO3/c1-7-4-13(17)19-14-8(2)15-11(5-10(7)14)12(6-16)9(3)18-15/h4-5H,6,16H2,1-3H3/p+1. The van der Waals surface area contributed by atoms with Crippen molar-refractivity contribution >= 4 is 21.9 Å². The topological polar surface area (TPSA) is 71.0 Å². The minimum absolute atomic E-state index is 0.326. The Hall–Kier alpha value is -2.07. The van der Waals surface area contributed by atoms with Gasteiger partial charge in [-0.25, -0.2) is 4.79 Å². The zero-order valence-corrected chi connectivity index (χ0v) is 11.3. The van der Waals surface area contributed by atoms with E-state index in [1.54, 1.807) is 0 Å².